The monoisotopic (exact) mass is 412 g/mol. The highest BCUT2D eigenvalue weighted by Gasteiger charge is 2.12. The van der Waals surface area contributed by atoms with Crippen molar-refractivity contribution in [3.8, 4) is 11.5 Å². The molecule has 2 aromatic carbocycles. The van der Waals surface area contributed by atoms with E-state index in [2.05, 4.69) is 42.4 Å². The van der Waals surface area contributed by atoms with E-state index in [-0.39, 0.29) is 21.9 Å². The number of amides is 1. The third kappa shape index (κ3) is 3.62. The highest BCUT2D eigenvalue weighted by Crippen LogP contribution is 2.40. The van der Waals surface area contributed by atoms with E-state index in [4.69, 9.17) is 0 Å². The van der Waals surface area contributed by atoms with Crippen LogP contribution in [0.1, 0.15) is 15.9 Å². The number of aromatic hydroxyl groups is 2. The van der Waals surface area contributed by atoms with Crippen molar-refractivity contribution in [3.63, 3.8) is 0 Å². The molecule has 0 bridgehead atoms. The second kappa shape index (κ2) is 6.73. The minimum Gasteiger partial charge on any atom is -0.503 e. The lowest BCUT2D eigenvalue weighted by Gasteiger charge is -2.06. The summed E-state index contributed by atoms with van der Waals surface area (Å²) in [5.41, 5.74) is 3.36. The van der Waals surface area contributed by atoms with Crippen LogP contribution >= 0.6 is 31.9 Å². The van der Waals surface area contributed by atoms with Crippen LogP contribution in [0.25, 0.3) is 0 Å². The van der Waals surface area contributed by atoms with E-state index in [1.807, 2.05) is 6.07 Å². The average Bonchev–Trinajstić information content (AvgIpc) is 2.51. The molecule has 0 unspecified atom stereocenters. The standard InChI is InChI=1S/C14H10Br2N2O3/c15-10-6-9(11(16)13(20)12(10)19)7-17-18-14(21)8-4-2-1-3-5-8/h1-7,19-20H,(H,18,21)/b17-7-. The van der Waals surface area contributed by atoms with E-state index in [1.54, 1.807) is 30.3 Å². The number of carbonyl (C=O) groups is 1. The molecule has 1 amide bonds. The first-order valence-corrected chi connectivity index (χ1v) is 7.37. The molecule has 0 heterocycles. The number of phenols is 2. The van der Waals surface area contributed by atoms with Crippen LogP contribution in [-0.4, -0.2) is 22.3 Å². The van der Waals surface area contributed by atoms with E-state index in [9.17, 15) is 15.0 Å². The van der Waals surface area contributed by atoms with Crippen LogP contribution in [0.2, 0.25) is 0 Å². The number of hydrogen-bond donors (Lipinski definition) is 3. The molecule has 108 valence electrons. The fraction of sp³-hybridized carbons (Fsp3) is 0. The number of rotatable bonds is 3. The molecule has 0 atom stereocenters. The second-order valence-electron chi connectivity index (χ2n) is 4.02. The molecule has 0 saturated carbocycles. The Hall–Kier alpha value is -1.86. The van der Waals surface area contributed by atoms with Crippen molar-refractivity contribution in [2.75, 3.05) is 0 Å². The van der Waals surface area contributed by atoms with Crippen molar-refractivity contribution in [1.29, 1.82) is 0 Å². The van der Waals surface area contributed by atoms with E-state index < -0.39 is 0 Å². The smallest absolute Gasteiger partial charge is 0.271 e. The van der Waals surface area contributed by atoms with E-state index in [0.717, 1.165) is 0 Å². The summed E-state index contributed by atoms with van der Waals surface area (Å²) in [5, 5.41) is 23.0. The molecule has 2 aromatic rings. The number of nitrogens with one attached hydrogen (secondary N) is 1. The summed E-state index contributed by atoms with van der Waals surface area (Å²) in [6.45, 7) is 0. The highest BCUT2D eigenvalue weighted by molar-refractivity contribution is 9.11. The van der Waals surface area contributed by atoms with Gasteiger partial charge in [0.05, 0.1) is 15.2 Å². The largest absolute Gasteiger partial charge is 0.503 e. The van der Waals surface area contributed by atoms with Crippen LogP contribution in [-0.2, 0) is 0 Å². The summed E-state index contributed by atoms with van der Waals surface area (Å²) in [7, 11) is 0. The molecule has 0 aliphatic carbocycles. The highest BCUT2D eigenvalue weighted by atomic mass is 79.9. The normalized spacial score (nSPS) is 10.8. The summed E-state index contributed by atoms with van der Waals surface area (Å²) >= 11 is 6.25. The molecule has 2 rings (SSSR count). The number of nitrogens with zero attached hydrogens (tertiary/aromatic N) is 1. The molecule has 0 aliphatic heterocycles. The predicted molar refractivity (Wildman–Crippen MR) is 86.7 cm³/mol. The zero-order valence-corrected chi connectivity index (χ0v) is 13.7. The van der Waals surface area contributed by atoms with Gasteiger partial charge in [-0.1, -0.05) is 18.2 Å². The van der Waals surface area contributed by atoms with Gasteiger partial charge < -0.3 is 10.2 Å². The van der Waals surface area contributed by atoms with Crippen molar-refractivity contribution in [3.05, 3.63) is 56.5 Å². The van der Waals surface area contributed by atoms with Crippen LogP contribution in [0.15, 0.2) is 50.4 Å². The molecule has 0 saturated heterocycles. The molecule has 0 fully saturated rings. The number of benzene rings is 2. The summed E-state index contributed by atoms with van der Waals surface area (Å²) in [5.74, 6) is -0.919. The van der Waals surface area contributed by atoms with Crippen LogP contribution < -0.4 is 5.43 Å². The van der Waals surface area contributed by atoms with Crippen molar-refractivity contribution in [2.45, 2.75) is 0 Å². The van der Waals surface area contributed by atoms with Crippen molar-refractivity contribution >= 4 is 44.0 Å². The SMILES string of the molecule is O=C(N/N=C\c1cc(Br)c(O)c(O)c1Br)c1ccccc1. The molecule has 7 heteroatoms. The lowest BCUT2D eigenvalue weighted by molar-refractivity contribution is 0.0955. The molecule has 0 spiro atoms. The van der Waals surface area contributed by atoms with Crippen LogP contribution in [0.3, 0.4) is 0 Å². The Labute approximate surface area is 137 Å². The minimum atomic E-state index is -0.343. The topological polar surface area (TPSA) is 81.9 Å². The minimum absolute atomic E-state index is 0.271. The molecule has 0 radical (unpaired) electrons. The van der Waals surface area contributed by atoms with Crippen molar-refractivity contribution in [1.82, 2.24) is 5.43 Å². The van der Waals surface area contributed by atoms with Gasteiger partial charge in [-0.3, -0.25) is 4.79 Å². The van der Waals surface area contributed by atoms with Gasteiger partial charge >= 0.3 is 0 Å². The first-order valence-electron chi connectivity index (χ1n) is 5.79. The Kier molecular flexibility index (Phi) is 4.98. The maximum atomic E-state index is 11.8. The van der Waals surface area contributed by atoms with Gasteiger partial charge in [-0.05, 0) is 50.1 Å². The van der Waals surface area contributed by atoms with Crippen LogP contribution in [0, 0.1) is 0 Å². The van der Waals surface area contributed by atoms with Gasteiger partial charge in [0.2, 0.25) is 0 Å². The maximum absolute atomic E-state index is 11.8. The van der Waals surface area contributed by atoms with Crippen LogP contribution in [0.4, 0.5) is 0 Å². The van der Waals surface area contributed by atoms with Crippen molar-refractivity contribution < 1.29 is 15.0 Å². The number of carbonyl (C=O) groups excluding carboxylic acids is 1. The fourth-order valence-corrected chi connectivity index (χ4v) is 2.37. The Bertz CT molecular complexity index is 703. The number of phenolic OH excluding ortho intramolecular Hbond substituents is 2. The summed E-state index contributed by atoms with van der Waals surface area (Å²) in [4.78, 5) is 11.8. The van der Waals surface area contributed by atoms with Gasteiger partial charge in [0.1, 0.15) is 0 Å². The lowest BCUT2D eigenvalue weighted by Crippen LogP contribution is -2.17. The first kappa shape index (κ1) is 15.5. The predicted octanol–water partition coefficient (Wildman–Crippen LogP) is 3.39. The summed E-state index contributed by atoms with van der Waals surface area (Å²) in [6.07, 6.45) is 1.36. The quantitative estimate of drug-likeness (QED) is 0.409. The van der Waals surface area contributed by atoms with E-state index in [1.165, 1.54) is 6.21 Å². The third-order valence-electron chi connectivity index (χ3n) is 2.60. The molecule has 5 nitrogen and oxygen atoms in total. The molecule has 0 aliphatic rings. The maximum Gasteiger partial charge on any atom is 0.271 e. The number of hydrogen-bond acceptors (Lipinski definition) is 4. The summed E-state index contributed by atoms with van der Waals surface area (Å²) < 4.78 is 0.597. The van der Waals surface area contributed by atoms with E-state index in [0.29, 0.717) is 15.6 Å². The van der Waals surface area contributed by atoms with Crippen molar-refractivity contribution in [2.24, 2.45) is 5.10 Å². The second-order valence-corrected chi connectivity index (χ2v) is 5.67. The Balaban J connectivity index is 2.14. The molecule has 0 aromatic heterocycles. The lowest BCUT2D eigenvalue weighted by atomic mass is 10.2. The molecule has 21 heavy (non-hydrogen) atoms. The summed E-state index contributed by atoms with van der Waals surface area (Å²) in [6, 6.07) is 10.2. The van der Waals surface area contributed by atoms with Gasteiger partial charge in [-0.25, -0.2) is 5.43 Å². The molecule has 3 N–H and O–H groups in total. The Morgan fingerprint density at radius 1 is 1.14 bits per heavy atom. The molecular formula is C14H10Br2N2O3. The third-order valence-corrected chi connectivity index (χ3v) is 4.04. The Morgan fingerprint density at radius 2 is 1.81 bits per heavy atom. The average molecular weight is 414 g/mol. The zero-order valence-electron chi connectivity index (χ0n) is 10.5. The van der Waals surface area contributed by atoms with Crippen LogP contribution in [0.5, 0.6) is 11.5 Å². The fourth-order valence-electron chi connectivity index (χ4n) is 1.53. The zero-order chi connectivity index (χ0) is 15.4. The van der Waals surface area contributed by atoms with Gasteiger partial charge in [0.25, 0.3) is 5.91 Å². The first-order chi connectivity index (χ1) is 10.0. The molecular weight excluding hydrogens is 404 g/mol. The van der Waals surface area contributed by atoms with Gasteiger partial charge in [0, 0.05) is 11.1 Å². The van der Waals surface area contributed by atoms with Gasteiger partial charge in [0.15, 0.2) is 11.5 Å². The van der Waals surface area contributed by atoms with Gasteiger partial charge in [-0.2, -0.15) is 5.10 Å². The van der Waals surface area contributed by atoms with Gasteiger partial charge in [-0.15, -0.1) is 0 Å². The Morgan fingerprint density at radius 3 is 2.48 bits per heavy atom. The number of hydrazone groups is 1. The van der Waals surface area contributed by atoms with E-state index >= 15 is 0 Å². The number of halogens is 2.